The molecule has 0 aromatic carbocycles. The van der Waals surface area contributed by atoms with Gasteiger partial charge in [0.25, 0.3) is 0 Å². The van der Waals surface area contributed by atoms with Crippen LogP contribution >= 0.6 is 22.7 Å². The lowest BCUT2D eigenvalue weighted by atomic mass is 9.93. The first-order valence-corrected chi connectivity index (χ1v) is 12.7. The van der Waals surface area contributed by atoms with E-state index in [1.54, 1.807) is 17.4 Å². The van der Waals surface area contributed by atoms with Gasteiger partial charge in [-0.2, -0.15) is 0 Å². The molecule has 8 heteroatoms. The number of nitrogens with one attached hydrogen (secondary N) is 1. The van der Waals surface area contributed by atoms with Gasteiger partial charge < -0.3 is 0 Å². The molecule has 27 heavy (non-hydrogen) atoms. The molecule has 150 valence electrons. The van der Waals surface area contributed by atoms with E-state index in [2.05, 4.69) is 47.7 Å². The van der Waals surface area contributed by atoms with Crippen LogP contribution in [0.3, 0.4) is 0 Å². The molecule has 0 amide bonds. The number of sulfonamides is 1. The average Bonchev–Trinajstić information content (AvgIpc) is 3.25. The van der Waals surface area contributed by atoms with Crippen molar-refractivity contribution in [2.24, 2.45) is 0 Å². The Labute approximate surface area is 170 Å². The summed E-state index contributed by atoms with van der Waals surface area (Å²) in [5.74, 6) is 0. The van der Waals surface area contributed by atoms with E-state index in [4.69, 9.17) is 0 Å². The lowest BCUT2D eigenvalue weighted by Crippen LogP contribution is -2.42. The largest absolute Gasteiger partial charge is 0.299 e. The molecule has 1 aliphatic rings. The highest BCUT2D eigenvalue weighted by molar-refractivity contribution is 7.91. The van der Waals surface area contributed by atoms with Crippen molar-refractivity contribution >= 4 is 32.7 Å². The second-order valence-electron chi connectivity index (χ2n) is 8.22. The number of thiazole rings is 1. The van der Waals surface area contributed by atoms with Crippen molar-refractivity contribution in [3.63, 3.8) is 0 Å². The number of hydrogen-bond acceptors (Lipinski definition) is 6. The zero-order chi connectivity index (χ0) is 19.7. The van der Waals surface area contributed by atoms with E-state index in [0.29, 0.717) is 16.8 Å². The Hall–Kier alpha value is -0.800. The van der Waals surface area contributed by atoms with Crippen molar-refractivity contribution in [3.8, 4) is 10.6 Å². The van der Waals surface area contributed by atoms with E-state index in [-0.39, 0.29) is 5.41 Å². The van der Waals surface area contributed by atoms with Crippen molar-refractivity contribution in [1.82, 2.24) is 14.6 Å². The zero-order valence-corrected chi connectivity index (χ0v) is 18.9. The van der Waals surface area contributed by atoms with Gasteiger partial charge in [0.15, 0.2) is 0 Å². The molecule has 0 saturated carbocycles. The summed E-state index contributed by atoms with van der Waals surface area (Å²) < 4.78 is 28.4. The van der Waals surface area contributed by atoms with Crippen LogP contribution in [0.2, 0.25) is 0 Å². The van der Waals surface area contributed by atoms with Crippen molar-refractivity contribution in [1.29, 1.82) is 0 Å². The SMILES string of the molecule is C[C@@H]1CCCCN1CCNS(=O)(=O)c1cc(-c2nc(C(C)(C)C)cs2)cs1. The van der Waals surface area contributed by atoms with Gasteiger partial charge in [-0.15, -0.1) is 22.7 Å². The first-order valence-electron chi connectivity index (χ1n) is 9.45. The zero-order valence-electron chi connectivity index (χ0n) is 16.5. The number of rotatable bonds is 6. The van der Waals surface area contributed by atoms with Gasteiger partial charge in [-0.05, 0) is 32.4 Å². The molecular formula is C19H29N3O2S3. The molecular weight excluding hydrogens is 398 g/mol. The highest BCUT2D eigenvalue weighted by Gasteiger charge is 2.22. The predicted molar refractivity (Wildman–Crippen MR) is 114 cm³/mol. The van der Waals surface area contributed by atoms with Crippen molar-refractivity contribution in [3.05, 3.63) is 22.5 Å². The molecule has 1 saturated heterocycles. The molecule has 2 aromatic heterocycles. The Kier molecular flexibility index (Phi) is 6.42. The van der Waals surface area contributed by atoms with E-state index < -0.39 is 10.0 Å². The van der Waals surface area contributed by atoms with Crippen LogP contribution in [0.4, 0.5) is 0 Å². The minimum atomic E-state index is -3.47. The van der Waals surface area contributed by atoms with Crippen LogP contribution < -0.4 is 4.72 Å². The fourth-order valence-corrected chi connectivity index (χ4v) is 6.54. The Morgan fingerprint density at radius 2 is 2.04 bits per heavy atom. The molecule has 3 heterocycles. The summed E-state index contributed by atoms with van der Waals surface area (Å²) in [5, 5.41) is 4.81. The Bertz CT molecular complexity index is 865. The summed E-state index contributed by atoms with van der Waals surface area (Å²) in [7, 11) is -3.47. The highest BCUT2D eigenvalue weighted by atomic mass is 32.2. The van der Waals surface area contributed by atoms with Crippen LogP contribution in [0.25, 0.3) is 10.6 Å². The first kappa shape index (κ1) is 20.9. The molecule has 2 aromatic rings. The lowest BCUT2D eigenvalue weighted by Gasteiger charge is -2.33. The summed E-state index contributed by atoms with van der Waals surface area (Å²) in [6.45, 7) is 10.9. The molecule has 1 N–H and O–H groups in total. The third kappa shape index (κ3) is 5.17. The summed E-state index contributed by atoms with van der Waals surface area (Å²) >= 11 is 2.82. The van der Waals surface area contributed by atoms with Gasteiger partial charge in [-0.1, -0.05) is 27.2 Å². The summed E-state index contributed by atoms with van der Waals surface area (Å²) in [6, 6.07) is 2.28. The lowest BCUT2D eigenvalue weighted by molar-refractivity contribution is 0.164. The van der Waals surface area contributed by atoms with Crippen molar-refractivity contribution < 1.29 is 8.42 Å². The molecule has 0 bridgehead atoms. The van der Waals surface area contributed by atoms with Crippen LogP contribution in [0.15, 0.2) is 21.0 Å². The van der Waals surface area contributed by atoms with Gasteiger partial charge >= 0.3 is 0 Å². The van der Waals surface area contributed by atoms with Crippen LogP contribution in [0, 0.1) is 0 Å². The number of aromatic nitrogens is 1. The third-order valence-electron chi connectivity index (χ3n) is 4.99. The van der Waals surface area contributed by atoms with Crippen LogP contribution in [-0.2, 0) is 15.4 Å². The van der Waals surface area contributed by atoms with Gasteiger partial charge in [0.05, 0.1) is 5.69 Å². The highest BCUT2D eigenvalue weighted by Crippen LogP contribution is 2.33. The van der Waals surface area contributed by atoms with E-state index in [9.17, 15) is 8.42 Å². The molecule has 0 spiro atoms. The second kappa shape index (κ2) is 8.29. The predicted octanol–water partition coefficient (Wildman–Crippen LogP) is 4.32. The van der Waals surface area contributed by atoms with Gasteiger partial charge in [0, 0.05) is 40.9 Å². The monoisotopic (exact) mass is 427 g/mol. The topological polar surface area (TPSA) is 62.3 Å². The van der Waals surface area contributed by atoms with E-state index >= 15 is 0 Å². The molecule has 0 unspecified atom stereocenters. The Morgan fingerprint density at radius 1 is 1.26 bits per heavy atom. The minimum absolute atomic E-state index is 0.00712. The van der Waals surface area contributed by atoms with Gasteiger partial charge in [0.1, 0.15) is 9.22 Å². The summed E-state index contributed by atoms with van der Waals surface area (Å²) in [5.41, 5.74) is 1.91. The fourth-order valence-electron chi connectivity index (χ4n) is 3.20. The molecule has 0 radical (unpaired) electrons. The van der Waals surface area contributed by atoms with Gasteiger partial charge in [-0.3, -0.25) is 4.90 Å². The quantitative estimate of drug-likeness (QED) is 0.746. The maximum atomic E-state index is 12.6. The normalized spacial score (nSPS) is 19.5. The second-order valence-corrected chi connectivity index (χ2v) is 12.0. The number of thiophene rings is 1. The standard InChI is InChI=1S/C19H29N3O2S3/c1-14-7-5-6-9-22(14)10-8-20-27(23,24)17-11-15(12-25-17)18-21-16(13-26-18)19(2,3)4/h11-14,20H,5-10H2,1-4H3/t14-/m1/s1. The molecule has 3 rings (SSSR count). The van der Waals surface area contributed by atoms with E-state index in [1.165, 1.54) is 30.6 Å². The van der Waals surface area contributed by atoms with Gasteiger partial charge in [0.2, 0.25) is 10.0 Å². The van der Waals surface area contributed by atoms with Crippen LogP contribution in [-0.4, -0.2) is 44.0 Å². The fraction of sp³-hybridized carbons (Fsp3) is 0.632. The molecule has 5 nitrogen and oxygen atoms in total. The maximum Gasteiger partial charge on any atom is 0.250 e. The number of piperidine rings is 1. The van der Waals surface area contributed by atoms with Crippen molar-refractivity contribution in [2.75, 3.05) is 19.6 Å². The first-order chi connectivity index (χ1) is 12.7. The summed E-state index contributed by atoms with van der Waals surface area (Å²) in [6.07, 6.45) is 3.68. The Balaban J connectivity index is 1.63. The Morgan fingerprint density at radius 3 is 2.70 bits per heavy atom. The molecule has 1 aliphatic heterocycles. The number of likely N-dealkylation sites (tertiary alicyclic amines) is 1. The third-order valence-corrected chi connectivity index (χ3v) is 8.78. The average molecular weight is 428 g/mol. The number of hydrogen-bond donors (Lipinski definition) is 1. The molecule has 1 fully saturated rings. The molecule has 1 atom stereocenters. The van der Waals surface area contributed by atoms with Gasteiger partial charge in [-0.25, -0.2) is 18.1 Å². The van der Waals surface area contributed by atoms with E-state index in [1.807, 2.05) is 5.38 Å². The number of nitrogens with zero attached hydrogens (tertiary/aromatic N) is 2. The summed E-state index contributed by atoms with van der Waals surface area (Å²) in [4.78, 5) is 7.05. The van der Waals surface area contributed by atoms with Crippen molar-refractivity contribution in [2.45, 2.75) is 62.6 Å². The van der Waals surface area contributed by atoms with Crippen LogP contribution in [0.1, 0.15) is 52.7 Å². The maximum absolute atomic E-state index is 12.6. The smallest absolute Gasteiger partial charge is 0.250 e. The van der Waals surface area contributed by atoms with Crippen LogP contribution in [0.5, 0.6) is 0 Å². The molecule has 0 aliphatic carbocycles. The van der Waals surface area contributed by atoms with E-state index in [0.717, 1.165) is 29.4 Å². The minimum Gasteiger partial charge on any atom is -0.299 e.